The number of carbonyl (C=O) groups excluding carboxylic acids is 2. The van der Waals surface area contributed by atoms with Crippen molar-refractivity contribution in [2.45, 2.75) is 44.4 Å². The second kappa shape index (κ2) is 10.1. The van der Waals surface area contributed by atoms with Crippen molar-refractivity contribution < 1.29 is 22.7 Å². The first-order valence-corrected chi connectivity index (χ1v) is 13.7. The van der Waals surface area contributed by atoms with Crippen molar-refractivity contribution in [3.63, 3.8) is 0 Å². The Balaban J connectivity index is 1.67. The lowest BCUT2D eigenvalue weighted by molar-refractivity contribution is -0.149. The monoisotopic (exact) mass is 503 g/mol. The van der Waals surface area contributed by atoms with E-state index in [2.05, 4.69) is 6.92 Å². The Morgan fingerprint density at radius 1 is 1.11 bits per heavy atom. The zero-order valence-electron chi connectivity index (χ0n) is 20.5. The largest absolute Gasteiger partial charge is 0.466 e. The van der Waals surface area contributed by atoms with Gasteiger partial charge in [0.25, 0.3) is 5.91 Å². The predicted molar refractivity (Wildman–Crippen MR) is 132 cm³/mol. The topological polar surface area (TPSA) is 106 Å². The summed E-state index contributed by atoms with van der Waals surface area (Å²) in [6, 6.07) is 4.52. The Bertz CT molecular complexity index is 1290. The molecule has 4 rings (SSSR count). The van der Waals surface area contributed by atoms with Crippen LogP contribution < -0.4 is 5.43 Å². The van der Waals surface area contributed by atoms with E-state index < -0.39 is 27.3 Å². The number of rotatable bonds is 5. The van der Waals surface area contributed by atoms with Crippen LogP contribution >= 0.6 is 0 Å². The molecular weight excluding hydrogens is 470 g/mol. The fourth-order valence-electron chi connectivity index (χ4n) is 4.94. The van der Waals surface area contributed by atoms with E-state index in [4.69, 9.17) is 4.74 Å². The molecule has 0 aliphatic carbocycles. The molecule has 2 aliphatic heterocycles. The van der Waals surface area contributed by atoms with Crippen LogP contribution in [0.2, 0.25) is 0 Å². The molecular formula is C25H33N3O6S. The van der Waals surface area contributed by atoms with Crippen molar-refractivity contribution in [3.8, 4) is 0 Å². The number of amides is 1. The van der Waals surface area contributed by atoms with E-state index in [-0.39, 0.29) is 35.0 Å². The SMILES string of the molecule is CCOC(=O)C1CCCN(C(=O)c2cn(C)c3ccc(S(=O)(=O)N4CCC(C)CC4)cc3c2=O)C1. The molecule has 0 N–H and O–H groups in total. The first-order chi connectivity index (χ1) is 16.6. The van der Waals surface area contributed by atoms with Crippen LogP contribution in [0.3, 0.4) is 0 Å². The van der Waals surface area contributed by atoms with Gasteiger partial charge in [-0.25, -0.2) is 8.42 Å². The van der Waals surface area contributed by atoms with Crippen molar-refractivity contribution >= 4 is 32.8 Å². The lowest BCUT2D eigenvalue weighted by atomic mass is 9.97. The van der Waals surface area contributed by atoms with Gasteiger partial charge in [0.2, 0.25) is 15.5 Å². The summed E-state index contributed by atoms with van der Waals surface area (Å²) < 4.78 is 34.7. The van der Waals surface area contributed by atoms with Crippen LogP contribution in [0.4, 0.5) is 0 Å². The highest BCUT2D eigenvalue weighted by Gasteiger charge is 2.32. The molecule has 0 bridgehead atoms. The maximum atomic E-state index is 13.4. The molecule has 9 nitrogen and oxygen atoms in total. The third-order valence-corrected chi connectivity index (χ3v) is 8.99. The summed E-state index contributed by atoms with van der Waals surface area (Å²) >= 11 is 0. The van der Waals surface area contributed by atoms with Crippen molar-refractivity contribution in [2.75, 3.05) is 32.8 Å². The van der Waals surface area contributed by atoms with Gasteiger partial charge in [-0.05, 0) is 56.7 Å². The number of hydrogen-bond donors (Lipinski definition) is 0. The van der Waals surface area contributed by atoms with Gasteiger partial charge >= 0.3 is 5.97 Å². The van der Waals surface area contributed by atoms with Crippen LogP contribution in [0.15, 0.2) is 34.1 Å². The second-order valence-electron chi connectivity index (χ2n) is 9.59. The molecule has 1 aromatic carbocycles. The van der Waals surface area contributed by atoms with E-state index in [0.29, 0.717) is 43.9 Å². The Kier molecular flexibility index (Phi) is 7.32. The molecule has 0 radical (unpaired) electrons. The summed E-state index contributed by atoms with van der Waals surface area (Å²) in [7, 11) is -2.03. The van der Waals surface area contributed by atoms with Crippen molar-refractivity contribution in [1.29, 1.82) is 0 Å². The number of aromatic nitrogens is 1. The third-order valence-electron chi connectivity index (χ3n) is 7.10. The average Bonchev–Trinajstić information content (AvgIpc) is 2.86. The summed E-state index contributed by atoms with van der Waals surface area (Å²) in [5.74, 6) is -0.726. The van der Waals surface area contributed by atoms with Crippen molar-refractivity contribution in [2.24, 2.45) is 18.9 Å². The molecule has 1 unspecified atom stereocenters. The van der Waals surface area contributed by atoms with Gasteiger partial charge < -0.3 is 14.2 Å². The van der Waals surface area contributed by atoms with Crippen LogP contribution in [0, 0.1) is 11.8 Å². The normalized spacial score (nSPS) is 20.2. The van der Waals surface area contributed by atoms with Gasteiger partial charge in [-0.2, -0.15) is 4.31 Å². The number of benzene rings is 1. The number of nitrogens with zero attached hydrogens (tertiary/aromatic N) is 3. The third kappa shape index (κ3) is 4.99. The first-order valence-electron chi connectivity index (χ1n) is 12.2. The Hall–Kier alpha value is -2.72. The Morgan fingerprint density at radius 3 is 2.51 bits per heavy atom. The van der Waals surface area contributed by atoms with Gasteiger partial charge in [0.15, 0.2) is 0 Å². The second-order valence-corrected chi connectivity index (χ2v) is 11.5. The molecule has 0 saturated carbocycles. The van der Waals surface area contributed by atoms with Crippen LogP contribution in [-0.2, 0) is 26.6 Å². The Labute approximate surface area is 205 Å². The molecule has 190 valence electrons. The predicted octanol–water partition coefficient (Wildman–Crippen LogP) is 2.37. The van der Waals surface area contributed by atoms with Gasteiger partial charge in [0, 0.05) is 44.8 Å². The lowest BCUT2D eigenvalue weighted by Crippen LogP contribution is -2.44. The number of likely N-dealkylation sites (tertiary alicyclic amines) is 1. The van der Waals surface area contributed by atoms with Crippen LogP contribution in [0.25, 0.3) is 10.9 Å². The number of aryl methyl sites for hydroxylation is 1. The van der Waals surface area contributed by atoms with Crippen LogP contribution in [0.1, 0.15) is 49.9 Å². The summed E-state index contributed by atoms with van der Waals surface area (Å²) in [6.07, 6.45) is 4.36. The summed E-state index contributed by atoms with van der Waals surface area (Å²) in [6.45, 7) is 5.67. The Morgan fingerprint density at radius 2 is 1.83 bits per heavy atom. The highest BCUT2D eigenvalue weighted by molar-refractivity contribution is 7.89. The highest BCUT2D eigenvalue weighted by atomic mass is 32.2. The van der Waals surface area contributed by atoms with Gasteiger partial charge in [-0.15, -0.1) is 0 Å². The van der Waals surface area contributed by atoms with Crippen LogP contribution in [0.5, 0.6) is 0 Å². The van der Waals surface area contributed by atoms with E-state index in [1.807, 2.05) is 0 Å². The van der Waals surface area contributed by atoms with E-state index in [9.17, 15) is 22.8 Å². The number of carbonyl (C=O) groups is 2. The molecule has 1 atom stereocenters. The molecule has 35 heavy (non-hydrogen) atoms. The van der Waals surface area contributed by atoms with Crippen LogP contribution in [-0.4, -0.2) is 66.9 Å². The maximum absolute atomic E-state index is 13.4. The highest BCUT2D eigenvalue weighted by Crippen LogP contribution is 2.26. The van der Waals surface area contributed by atoms with Gasteiger partial charge in [-0.3, -0.25) is 14.4 Å². The van der Waals surface area contributed by atoms with E-state index in [0.717, 1.165) is 12.8 Å². The van der Waals surface area contributed by atoms with Crippen molar-refractivity contribution in [3.05, 3.63) is 40.2 Å². The van der Waals surface area contributed by atoms with Gasteiger partial charge in [0.05, 0.1) is 22.9 Å². The zero-order chi connectivity index (χ0) is 25.3. The molecule has 0 spiro atoms. The standard InChI is InChI=1S/C25H33N3O6S/c1-4-34-25(31)18-6-5-11-27(15-18)24(30)21-16-26(3)22-8-7-19(14-20(22)23(21)29)35(32,33)28-12-9-17(2)10-13-28/h7-8,14,16-18H,4-6,9-13,15H2,1-3H3. The minimum atomic E-state index is -3.74. The van der Waals surface area contributed by atoms with E-state index in [1.165, 1.54) is 27.5 Å². The van der Waals surface area contributed by atoms with E-state index in [1.54, 1.807) is 24.6 Å². The molecule has 10 heteroatoms. The quantitative estimate of drug-likeness (QED) is 0.580. The number of hydrogen-bond acceptors (Lipinski definition) is 6. The zero-order valence-corrected chi connectivity index (χ0v) is 21.3. The minimum absolute atomic E-state index is 0.0362. The fraction of sp³-hybridized carbons (Fsp3) is 0.560. The molecule has 2 aromatic rings. The molecule has 2 fully saturated rings. The van der Waals surface area contributed by atoms with E-state index >= 15 is 0 Å². The maximum Gasteiger partial charge on any atom is 0.310 e. The summed E-state index contributed by atoms with van der Waals surface area (Å²) in [4.78, 5) is 40.5. The first kappa shape index (κ1) is 25.4. The number of piperidine rings is 2. The van der Waals surface area contributed by atoms with Gasteiger partial charge in [-0.1, -0.05) is 6.92 Å². The summed E-state index contributed by atoms with van der Waals surface area (Å²) in [5.41, 5.74) is -0.00246. The smallest absolute Gasteiger partial charge is 0.310 e. The fourth-order valence-corrected chi connectivity index (χ4v) is 6.44. The minimum Gasteiger partial charge on any atom is -0.466 e. The molecule has 2 saturated heterocycles. The number of sulfonamides is 1. The molecule has 3 heterocycles. The summed E-state index contributed by atoms with van der Waals surface area (Å²) in [5, 5.41) is 0.184. The molecule has 1 amide bonds. The number of pyridine rings is 1. The number of fused-ring (bicyclic) bond motifs is 1. The molecule has 1 aromatic heterocycles. The number of esters is 1. The lowest BCUT2D eigenvalue weighted by Gasteiger charge is -2.31. The number of ether oxygens (including phenoxy) is 1. The van der Waals surface area contributed by atoms with Gasteiger partial charge in [0.1, 0.15) is 5.56 Å². The average molecular weight is 504 g/mol. The molecule has 2 aliphatic rings. The van der Waals surface area contributed by atoms with Crippen molar-refractivity contribution in [1.82, 2.24) is 13.8 Å².